The van der Waals surface area contributed by atoms with Gasteiger partial charge in [0.15, 0.2) is 11.0 Å². The molecule has 2 rings (SSSR count). The van der Waals surface area contributed by atoms with Crippen LogP contribution in [0.1, 0.15) is 16.7 Å². The van der Waals surface area contributed by atoms with Crippen LogP contribution in [-0.2, 0) is 0 Å². The molecule has 0 amide bonds. The molecule has 0 saturated heterocycles. The van der Waals surface area contributed by atoms with E-state index in [0.29, 0.717) is 5.15 Å². The predicted molar refractivity (Wildman–Crippen MR) is 58.4 cm³/mol. The molecule has 2 aromatic rings. The van der Waals surface area contributed by atoms with Crippen LogP contribution in [0.15, 0.2) is 12.4 Å². The van der Waals surface area contributed by atoms with Crippen molar-refractivity contribution in [2.24, 2.45) is 0 Å². The minimum Gasteiger partial charge on any atom is -0.220 e. The van der Waals surface area contributed by atoms with Crippen molar-refractivity contribution >= 4 is 11.6 Å². The highest BCUT2D eigenvalue weighted by atomic mass is 35.5. The Morgan fingerprint density at radius 3 is 2.47 bits per heavy atom. The van der Waals surface area contributed by atoms with Crippen molar-refractivity contribution in [3.63, 3.8) is 0 Å². The van der Waals surface area contributed by atoms with E-state index in [9.17, 15) is 0 Å². The second-order valence-electron chi connectivity index (χ2n) is 3.53. The topological polar surface area (TPSA) is 43.6 Å². The van der Waals surface area contributed by atoms with Gasteiger partial charge >= 0.3 is 0 Å². The fourth-order valence-corrected chi connectivity index (χ4v) is 1.49. The van der Waals surface area contributed by atoms with E-state index >= 15 is 0 Å². The number of halogens is 1. The van der Waals surface area contributed by atoms with Crippen molar-refractivity contribution in [3.8, 4) is 5.82 Å². The van der Waals surface area contributed by atoms with Crippen molar-refractivity contribution in [1.29, 1.82) is 0 Å². The van der Waals surface area contributed by atoms with Gasteiger partial charge in [0.05, 0.1) is 6.20 Å². The standard InChI is InChI=1S/C10H11ClN4/c1-6-4-12-15(5-6)10-8(3)7(2)9(11)13-14-10/h4-5H,1-3H3. The van der Waals surface area contributed by atoms with E-state index in [0.717, 1.165) is 22.5 Å². The molecule has 0 fully saturated rings. The van der Waals surface area contributed by atoms with Gasteiger partial charge in [-0.1, -0.05) is 11.6 Å². The monoisotopic (exact) mass is 222 g/mol. The van der Waals surface area contributed by atoms with Gasteiger partial charge in [-0.2, -0.15) is 5.10 Å². The molecule has 0 aliphatic heterocycles. The van der Waals surface area contributed by atoms with Crippen LogP contribution in [0.25, 0.3) is 5.82 Å². The summed E-state index contributed by atoms with van der Waals surface area (Å²) >= 11 is 5.88. The Balaban J connectivity index is 2.59. The van der Waals surface area contributed by atoms with Crippen LogP contribution in [0.3, 0.4) is 0 Å². The van der Waals surface area contributed by atoms with E-state index in [1.807, 2.05) is 27.0 Å². The van der Waals surface area contributed by atoms with Crippen LogP contribution in [0.4, 0.5) is 0 Å². The van der Waals surface area contributed by atoms with Gasteiger partial charge < -0.3 is 0 Å². The third-order valence-electron chi connectivity index (χ3n) is 2.37. The molecule has 78 valence electrons. The Morgan fingerprint density at radius 2 is 1.87 bits per heavy atom. The molecule has 0 atom stereocenters. The number of hydrogen-bond donors (Lipinski definition) is 0. The summed E-state index contributed by atoms with van der Waals surface area (Å²) in [5.41, 5.74) is 3.02. The smallest absolute Gasteiger partial charge is 0.178 e. The fourth-order valence-electron chi connectivity index (χ4n) is 1.31. The van der Waals surface area contributed by atoms with E-state index in [1.165, 1.54) is 0 Å². The highest BCUT2D eigenvalue weighted by molar-refractivity contribution is 6.30. The zero-order valence-corrected chi connectivity index (χ0v) is 9.58. The van der Waals surface area contributed by atoms with Gasteiger partial charge in [0.2, 0.25) is 0 Å². The van der Waals surface area contributed by atoms with Gasteiger partial charge in [0.1, 0.15) is 0 Å². The number of aromatic nitrogens is 4. The van der Waals surface area contributed by atoms with Crippen LogP contribution in [0.2, 0.25) is 5.15 Å². The number of aryl methyl sites for hydroxylation is 1. The van der Waals surface area contributed by atoms with Crippen molar-refractivity contribution in [2.75, 3.05) is 0 Å². The molecule has 0 bridgehead atoms. The van der Waals surface area contributed by atoms with Crippen molar-refractivity contribution in [1.82, 2.24) is 20.0 Å². The molecule has 15 heavy (non-hydrogen) atoms. The molecule has 0 aliphatic rings. The van der Waals surface area contributed by atoms with Crippen LogP contribution < -0.4 is 0 Å². The molecule has 0 saturated carbocycles. The second kappa shape index (κ2) is 3.62. The van der Waals surface area contributed by atoms with Gasteiger partial charge in [-0.25, -0.2) is 4.68 Å². The summed E-state index contributed by atoms with van der Waals surface area (Å²) in [6, 6.07) is 0. The molecular formula is C10H11ClN4. The average molecular weight is 223 g/mol. The minimum absolute atomic E-state index is 0.445. The van der Waals surface area contributed by atoms with E-state index in [-0.39, 0.29) is 0 Å². The molecule has 4 nitrogen and oxygen atoms in total. The maximum atomic E-state index is 5.88. The van der Waals surface area contributed by atoms with Crippen LogP contribution in [0, 0.1) is 20.8 Å². The third kappa shape index (κ3) is 1.72. The molecule has 2 aromatic heterocycles. The van der Waals surface area contributed by atoms with Gasteiger partial charge in [0.25, 0.3) is 0 Å². The zero-order valence-electron chi connectivity index (χ0n) is 8.82. The average Bonchev–Trinajstić information content (AvgIpc) is 2.61. The zero-order chi connectivity index (χ0) is 11.0. The van der Waals surface area contributed by atoms with Crippen molar-refractivity contribution in [3.05, 3.63) is 34.2 Å². The SMILES string of the molecule is Cc1cnn(-c2nnc(Cl)c(C)c2C)c1. The molecule has 0 unspecified atom stereocenters. The summed E-state index contributed by atoms with van der Waals surface area (Å²) in [4.78, 5) is 0. The summed E-state index contributed by atoms with van der Waals surface area (Å²) < 4.78 is 1.71. The lowest BCUT2D eigenvalue weighted by atomic mass is 10.2. The number of hydrogen-bond acceptors (Lipinski definition) is 3. The summed E-state index contributed by atoms with van der Waals surface area (Å²) in [5, 5.41) is 12.6. The molecule has 0 aliphatic carbocycles. The maximum absolute atomic E-state index is 5.88. The first kappa shape index (κ1) is 10.1. The van der Waals surface area contributed by atoms with Crippen molar-refractivity contribution < 1.29 is 0 Å². The Hall–Kier alpha value is -1.42. The summed E-state index contributed by atoms with van der Waals surface area (Å²) in [5.74, 6) is 0.727. The quantitative estimate of drug-likeness (QED) is 0.743. The minimum atomic E-state index is 0.445. The van der Waals surface area contributed by atoms with Crippen LogP contribution >= 0.6 is 11.6 Å². The first-order valence-electron chi connectivity index (χ1n) is 4.60. The molecule has 5 heteroatoms. The van der Waals surface area contributed by atoms with Gasteiger partial charge in [-0.05, 0) is 31.9 Å². The molecule has 0 aromatic carbocycles. The molecule has 0 N–H and O–H groups in total. The summed E-state index contributed by atoms with van der Waals surface area (Å²) in [7, 11) is 0. The molecular weight excluding hydrogens is 212 g/mol. The third-order valence-corrected chi connectivity index (χ3v) is 2.73. The lowest BCUT2D eigenvalue weighted by molar-refractivity contribution is 0.800. The van der Waals surface area contributed by atoms with E-state index < -0.39 is 0 Å². The van der Waals surface area contributed by atoms with E-state index in [4.69, 9.17) is 11.6 Å². The highest BCUT2D eigenvalue weighted by Crippen LogP contribution is 2.19. The molecule has 0 radical (unpaired) electrons. The van der Waals surface area contributed by atoms with E-state index in [2.05, 4.69) is 15.3 Å². The normalized spacial score (nSPS) is 10.7. The van der Waals surface area contributed by atoms with Crippen molar-refractivity contribution in [2.45, 2.75) is 20.8 Å². The largest absolute Gasteiger partial charge is 0.220 e. The summed E-state index contributed by atoms with van der Waals surface area (Å²) in [6.07, 6.45) is 3.69. The second-order valence-corrected chi connectivity index (χ2v) is 3.88. The maximum Gasteiger partial charge on any atom is 0.178 e. The van der Waals surface area contributed by atoms with Gasteiger partial charge in [-0.3, -0.25) is 0 Å². The lowest BCUT2D eigenvalue weighted by Gasteiger charge is -2.06. The van der Waals surface area contributed by atoms with Gasteiger partial charge in [-0.15, -0.1) is 10.2 Å². The molecule has 2 heterocycles. The number of nitrogens with zero attached hydrogens (tertiary/aromatic N) is 4. The van der Waals surface area contributed by atoms with Gasteiger partial charge in [0, 0.05) is 11.8 Å². The van der Waals surface area contributed by atoms with E-state index in [1.54, 1.807) is 10.9 Å². The molecule has 0 spiro atoms. The predicted octanol–water partition coefficient (Wildman–Crippen LogP) is 2.24. The Morgan fingerprint density at radius 1 is 1.13 bits per heavy atom. The van der Waals surface area contributed by atoms with Crippen LogP contribution in [-0.4, -0.2) is 20.0 Å². The number of rotatable bonds is 1. The highest BCUT2D eigenvalue weighted by Gasteiger charge is 2.10. The Kier molecular flexibility index (Phi) is 2.44. The first-order chi connectivity index (χ1) is 7.09. The van der Waals surface area contributed by atoms with Crippen LogP contribution in [0.5, 0.6) is 0 Å². The summed E-state index contributed by atoms with van der Waals surface area (Å²) in [6.45, 7) is 5.86. The Labute approximate surface area is 92.9 Å². The Bertz CT molecular complexity index is 504. The fraction of sp³-hybridized carbons (Fsp3) is 0.300. The lowest BCUT2D eigenvalue weighted by Crippen LogP contribution is -2.05. The first-order valence-corrected chi connectivity index (χ1v) is 4.98.